The summed E-state index contributed by atoms with van der Waals surface area (Å²) in [5.74, 6) is -0.795. The highest BCUT2D eigenvalue weighted by molar-refractivity contribution is 6.29. The van der Waals surface area contributed by atoms with Gasteiger partial charge in [0.25, 0.3) is 0 Å². The van der Waals surface area contributed by atoms with Gasteiger partial charge >= 0.3 is 0 Å². The van der Waals surface area contributed by atoms with E-state index in [1.807, 2.05) is 24.3 Å². The first-order valence-electron chi connectivity index (χ1n) is 7.48. The van der Waals surface area contributed by atoms with Gasteiger partial charge in [-0.25, -0.2) is 0 Å². The third kappa shape index (κ3) is 2.42. The molecule has 0 spiro atoms. The lowest BCUT2D eigenvalue weighted by Crippen LogP contribution is -2.12. The fraction of sp³-hybridized carbons (Fsp3) is 0.263. The summed E-state index contributed by atoms with van der Waals surface area (Å²) in [4.78, 5) is 24.9. The molecule has 106 valence electrons. The van der Waals surface area contributed by atoms with E-state index in [1.54, 1.807) is 24.3 Å². The van der Waals surface area contributed by atoms with Crippen LogP contribution in [-0.2, 0) is 6.42 Å². The molecule has 0 saturated heterocycles. The Labute approximate surface area is 124 Å². The van der Waals surface area contributed by atoms with E-state index in [0.29, 0.717) is 11.1 Å². The maximum atomic E-state index is 12.4. The lowest BCUT2D eigenvalue weighted by molar-refractivity contribution is 0.0890. The maximum Gasteiger partial charge on any atom is 0.178 e. The van der Waals surface area contributed by atoms with E-state index in [4.69, 9.17) is 0 Å². The SMILES string of the molecule is CCCCc1ccc(C2C(=O)c3ccccc3C2=O)cc1. The van der Waals surface area contributed by atoms with Crippen LogP contribution in [0.4, 0.5) is 0 Å². The Morgan fingerprint density at radius 2 is 1.43 bits per heavy atom. The molecule has 0 aliphatic heterocycles. The predicted octanol–water partition coefficient (Wildman–Crippen LogP) is 4.19. The summed E-state index contributed by atoms with van der Waals surface area (Å²) in [5.41, 5.74) is 3.18. The number of aryl methyl sites for hydroxylation is 1. The second-order valence-corrected chi connectivity index (χ2v) is 5.55. The molecule has 3 rings (SSSR count). The molecule has 21 heavy (non-hydrogen) atoms. The molecule has 0 unspecified atom stereocenters. The Bertz CT molecular complexity index is 648. The van der Waals surface area contributed by atoms with Crippen molar-refractivity contribution in [3.63, 3.8) is 0 Å². The van der Waals surface area contributed by atoms with Gasteiger partial charge in [0, 0.05) is 11.1 Å². The minimum absolute atomic E-state index is 0.0723. The van der Waals surface area contributed by atoms with Crippen LogP contribution in [0.25, 0.3) is 0 Å². The van der Waals surface area contributed by atoms with Gasteiger partial charge in [-0.3, -0.25) is 9.59 Å². The number of fused-ring (bicyclic) bond motifs is 1. The van der Waals surface area contributed by atoms with Crippen molar-refractivity contribution in [3.8, 4) is 0 Å². The number of carbonyl (C=O) groups is 2. The number of unbranched alkanes of at least 4 members (excludes halogenated alkanes) is 1. The van der Waals surface area contributed by atoms with Crippen molar-refractivity contribution >= 4 is 11.6 Å². The molecule has 0 amide bonds. The van der Waals surface area contributed by atoms with Crippen LogP contribution in [0.2, 0.25) is 0 Å². The van der Waals surface area contributed by atoms with Crippen molar-refractivity contribution in [2.24, 2.45) is 0 Å². The topological polar surface area (TPSA) is 34.1 Å². The summed E-state index contributed by atoms with van der Waals surface area (Å²) >= 11 is 0. The minimum Gasteiger partial charge on any atom is -0.293 e. The van der Waals surface area contributed by atoms with Crippen molar-refractivity contribution in [1.29, 1.82) is 0 Å². The molecule has 0 aromatic heterocycles. The summed E-state index contributed by atoms with van der Waals surface area (Å²) in [6.45, 7) is 2.17. The minimum atomic E-state index is -0.650. The smallest absolute Gasteiger partial charge is 0.178 e. The van der Waals surface area contributed by atoms with E-state index in [2.05, 4.69) is 6.92 Å². The highest BCUT2D eigenvalue weighted by Gasteiger charge is 2.38. The first kappa shape index (κ1) is 13.7. The van der Waals surface area contributed by atoms with E-state index >= 15 is 0 Å². The van der Waals surface area contributed by atoms with Crippen molar-refractivity contribution in [3.05, 3.63) is 70.8 Å². The van der Waals surface area contributed by atoms with Crippen LogP contribution >= 0.6 is 0 Å². The molecule has 0 radical (unpaired) electrons. The number of carbonyl (C=O) groups excluding carboxylic acids is 2. The Balaban J connectivity index is 1.88. The highest BCUT2D eigenvalue weighted by Crippen LogP contribution is 2.33. The monoisotopic (exact) mass is 278 g/mol. The van der Waals surface area contributed by atoms with E-state index in [0.717, 1.165) is 24.8 Å². The van der Waals surface area contributed by atoms with Crippen molar-refractivity contribution in [2.75, 3.05) is 0 Å². The number of benzene rings is 2. The van der Waals surface area contributed by atoms with Crippen LogP contribution in [0.1, 0.15) is 57.5 Å². The van der Waals surface area contributed by atoms with Gasteiger partial charge in [0.2, 0.25) is 0 Å². The molecule has 0 N–H and O–H groups in total. The molecule has 2 aromatic carbocycles. The zero-order valence-corrected chi connectivity index (χ0v) is 12.1. The molecule has 1 aliphatic rings. The van der Waals surface area contributed by atoms with Gasteiger partial charge in [-0.2, -0.15) is 0 Å². The van der Waals surface area contributed by atoms with E-state index in [1.165, 1.54) is 5.56 Å². The van der Waals surface area contributed by atoms with Crippen molar-refractivity contribution in [1.82, 2.24) is 0 Å². The average molecular weight is 278 g/mol. The third-order valence-corrected chi connectivity index (χ3v) is 4.11. The maximum absolute atomic E-state index is 12.4. The van der Waals surface area contributed by atoms with Gasteiger partial charge in [0.05, 0.1) is 0 Å². The van der Waals surface area contributed by atoms with Gasteiger partial charge in [0.1, 0.15) is 5.92 Å². The lowest BCUT2D eigenvalue weighted by Gasteiger charge is -2.08. The molecule has 2 nitrogen and oxygen atoms in total. The number of hydrogen-bond donors (Lipinski definition) is 0. The van der Waals surface area contributed by atoms with Crippen LogP contribution in [0.3, 0.4) is 0 Å². The van der Waals surface area contributed by atoms with Gasteiger partial charge in [-0.05, 0) is 24.0 Å². The standard InChI is InChI=1S/C19H18O2/c1-2-3-6-13-9-11-14(12-10-13)17-18(20)15-7-4-5-8-16(15)19(17)21/h4-5,7-12,17H,2-3,6H2,1H3. The summed E-state index contributed by atoms with van der Waals surface area (Å²) in [7, 11) is 0. The molecule has 0 saturated carbocycles. The van der Waals surface area contributed by atoms with Crippen LogP contribution in [-0.4, -0.2) is 11.6 Å². The Morgan fingerprint density at radius 3 is 1.95 bits per heavy atom. The van der Waals surface area contributed by atoms with Crippen molar-refractivity contribution < 1.29 is 9.59 Å². The quantitative estimate of drug-likeness (QED) is 0.786. The number of rotatable bonds is 4. The fourth-order valence-electron chi connectivity index (χ4n) is 2.90. The van der Waals surface area contributed by atoms with Crippen molar-refractivity contribution in [2.45, 2.75) is 32.1 Å². The van der Waals surface area contributed by atoms with Gasteiger partial charge in [-0.1, -0.05) is 61.9 Å². The normalized spacial score (nSPS) is 14.5. The first-order valence-corrected chi connectivity index (χ1v) is 7.48. The summed E-state index contributed by atoms with van der Waals surface area (Å²) in [6, 6.07) is 15.0. The largest absolute Gasteiger partial charge is 0.293 e. The highest BCUT2D eigenvalue weighted by atomic mass is 16.2. The molecular weight excluding hydrogens is 260 g/mol. The summed E-state index contributed by atoms with van der Waals surface area (Å²) < 4.78 is 0. The van der Waals surface area contributed by atoms with Crippen LogP contribution in [0.15, 0.2) is 48.5 Å². The van der Waals surface area contributed by atoms with Gasteiger partial charge in [0.15, 0.2) is 11.6 Å². The van der Waals surface area contributed by atoms with E-state index < -0.39 is 5.92 Å². The molecule has 2 heteroatoms. The van der Waals surface area contributed by atoms with E-state index in [-0.39, 0.29) is 11.6 Å². The number of Topliss-reactive ketones (excluding diaryl/α,β-unsaturated/α-hetero) is 2. The van der Waals surface area contributed by atoms with Gasteiger partial charge in [-0.15, -0.1) is 0 Å². The molecule has 2 aromatic rings. The second-order valence-electron chi connectivity index (χ2n) is 5.55. The summed E-state index contributed by atoms with van der Waals surface area (Å²) in [5, 5.41) is 0. The first-order chi connectivity index (χ1) is 10.2. The molecule has 0 bridgehead atoms. The summed E-state index contributed by atoms with van der Waals surface area (Å²) in [6.07, 6.45) is 3.37. The second kappa shape index (κ2) is 5.65. The molecule has 1 aliphatic carbocycles. The fourth-order valence-corrected chi connectivity index (χ4v) is 2.90. The Kier molecular flexibility index (Phi) is 3.70. The van der Waals surface area contributed by atoms with Crippen LogP contribution in [0.5, 0.6) is 0 Å². The van der Waals surface area contributed by atoms with E-state index in [9.17, 15) is 9.59 Å². The molecule has 0 atom stereocenters. The molecule has 0 heterocycles. The van der Waals surface area contributed by atoms with Gasteiger partial charge < -0.3 is 0 Å². The Morgan fingerprint density at radius 1 is 0.857 bits per heavy atom. The molecule has 0 fully saturated rings. The third-order valence-electron chi connectivity index (χ3n) is 4.11. The zero-order chi connectivity index (χ0) is 14.8. The average Bonchev–Trinajstić information content (AvgIpc) is 2.78. The Hall–Kier alpha value is -2.22. The molecular formula is C19H18O2. The predicted molar refractivity (Wildman–Crippen MR) is 82.9 cm³/mol. The lowest BCUT2D eigenvalue weighted by atomic mass is 9.93. The number of hydrogen-bond acceptors (Lipinski definition) is 2. The number of ketones is 2. The van der Waals surface area contributed by atoms with Crippen LogP contribution in [0, 0.1) is 0 Å². The zero-order valence-electron chi connectivity index (χ0n) is 12.1. The van der Waals surface area contributed by atoms with Crippen LogP contribution < -0.4 is 0 Å².